The van der Waals surface area contributed by atoms with Gasteiger partial charge in [0.05, 0.1) is 6.61 Å². The zero-order valence-electron chi connectivity index (χ0n) is 12.4. The number of carbonyl (C=O) groups excluding carboxylic acids is 3. The normalized spacial score (nSPS) is 10.5. The summed E-state index contributed by atoms with van der Waals surface area (Å²) in [7, 11) is 0. The van der Waals surface area contributed by atoms with Gasteiger partial charge in [-0.2, -0.15) is 0 Å². The summed E-state index contributed by atoms with van der Waals surface area (Å²) >= 11 is 0. The molecule has 0 aromatic rings. The van der Waals surface area contributed by atoms with Crippen molar-refractivity contribution in [2.24, 2.45) is 0 Å². The molecule has 114 valence electrons. The van der Waals surface area contributed by atoms with Gasteiger partial charge in [0.1, 0.15) is 0 Å². The van der Waals surface area contributed by atoms with E-state index in [9.17, 15) is 14.4 Å². The summed E-state index contributed by atoms with van der Waals surface area (Å²) in [6, 6.07) is 0. The molecule has 0 radical (unpaired) electrons. The Balaban J connectivity index is 3.62. The van der Waals surface area contributed by atoms with E-state index in [0.29, 0.717) is 6.61 Å². The summed E-state index contributed by atoms with van der Waals surface area (Å²) in [5, 5.41) is 0. The molecule has 0 aromatic carbocycles. The van der Waals surface area contributed by atoms with Crippen LogP contribution in [-0.2, 0) is 23.9 Å². The van der Waals surface area contributed by atoms with Gasteiger partial charge in [0, 0.05) is 18.6 Å². The maximum atomic E-state index is 11.2. The van der Waals surface area contributed by atoms with Gasteiger partial charge in [-0.1, -0.05) is 46.0 Å². The molecule has 0 N–H and O–H groups in total. The molecule has 0 aliphatic rings. The quantitative estimate of drug-likeness (QED) is 0.267. The number of hydrogen-bond acceptors (Lipinski definition) is 5. The summed E-state index contributed by atoms with van der Waals surface area (Å²) in [6.45, 7) is 4.08. The van der Waals surface area contributed by atoms with Crippen molar-refractivity contribution in [1.29, 1.82) is 0 Å². The summed E-state index contributed by atoms with van der Waals surface area (Å²) in [5.74, 6) is -2.08. The van der Waals surface area contributed by atoms with Gasteiger partial charge in [-0.15, -0.1) is 0 Å². The Bertz CT molecular complexity index is 333. The Morgan fingerprint density at radius 1 is 0.850 bits per heavy atom. The minimum atomic E-state index is -0.853. The molecule has 0 atom stereocenters. The van der Waals surface area contributed by atoms with Crippen LogP contribution in [0, 0.1) is 0 Å². The Kier molecular flexibility index (Phi) is 11.4. The van der Waals surface area contributed by atoms with Gasteiger partial charge < -0.3 is 9.47 Å². The Labute approximate surface area is 120 Å². The number of carbonyl (C=O) groups is 3. The Hall–Kier alpha value is -1.65. The predicted octanol–water partition coefficient (Wildman–Crippen LogP) is 2.93. The van der Waals surface area contributed by atoms with Crippen molar-refractivity contribution in [2.45, 2.75) is 58.8 Å². The van der Waals surface area contributed by atoms with E-state index in [1.807, 2.05) is 0 Å². The molecular formula is C15H24O5. The van der Waals surface area contributed by atoms with Crippen LogP contribution in [0.3, 0.4) is 0 Å². The third kappa shape index (κ3) is 11.4. The molecule has 0 saturated carbocycles. The Morgan fingerprint density at radius 2 is 1.45 bits per heavy atom. The molecule has 0 aliphatic carbocycles. The minimum Gasteiger partial charge on any atom is -0.463 e. The molecule has 0 amide bonds. The van der Waals surface area contributed by atoms with Crippen LogP contribution in [0.1, 0.15) is 58.8 Å². The first-order chi connectivity index (χ1) is 9.60. The second kappa shape index (κ2) is 12.4. The number of hydrogen-bond donors (Lipinski definition) is 0. The largest absolute Gasteiger partial charge is 0.463 e. The van der Waals surface area contributed by atoms with Gasteiger partial charge in [0.2, 0.25) is 0 Å². The van der Waals surface area contributed by atoms with E-state index in [1.165, 1.54) is 19.3 Å². The average Bonchev–Trinajstić information content (AvgIpc) is 2.44. The summed E-state index contributed by atoms with van der Waals surface area (Å²) in [4.78, 5) is 33.1. The molecule has 0 bridgehead atoms. The molecule has 0 heterocycles. The highest BCUT2D eigenvalue weighted by molar-refractivity contribution is 5.96. The highest BCUT2D eigenvalue weighted by Crippen LogP contribution is 2.04. The van der Waals surface area contributed by atoms with Gasteiger partial charge in [-0.25, -0.2) is 9.59 Å². The van der Waals surface area contributed by atoms with Crippen LogP contribution in [0.4, 0.5) is 0 Å². The van der Waals surface area contributed by atoms with Crippen LogP contribution in [0.25, 0.3) is 0 Å². The monoisotopic (exact) mass is 284 g/mol. The highest BCUT2D eigenvalue weighted by atomic mass is 16.6. The molecule has 0 aliphatic heterocycles. The molecule has 5 heteroatoms. The van der Waals surface area contributed by atoms with Gasteiger partial charge in [-0.3, -0.25) is 4.79 Å². The van der Waals surface area contributed by atoms with E-state index in [-0.39, 0.29) is 6.42 Å². The number of unbranched alkanes of at least 4 members (excludes halogenated alkanes) is 5. The summed E-state index contributed by atoms with van der Waals surface area (Å²) < 4.78 is 9.27. The third-order valence-corrected chi connectivity index (χ3v) is 2.60. The van der Waals surface area contributed by atoms with Gasteiger partial charge >= 0.3 is 17.9 Å². The standard InChI is InChI=1S/C15H24O5/c1-3-5-6-7-8-9-12-19-14(17)10-11-15(18)20-13(16)4-2/h10-11H,3-9,12H2,1-2H3/b11-10-. The lowest BCUT2D eigenvalue weighted by molar-refractivity contribution is -0.156. The molecule has 0 spiro atoms. The fourth-order valence-electron chi connectivity index (χ4n) is 1.46. The minimum absolute atomic E-state index is 0.113. The second-order valence-electron chi connectivity index (χ2n) is 4.42. The van der Waals surface area contributed by atoms with E-state index >= 15 is 0 Å². The lowest BCUT2D eigenvalue weighted by atomic mass is 10.1. The molecule has 5 nitrogen and oxygen atoms in total. The third-order valence-electron chi connectivity index (χ3n) is 2.60. The smallest absolute Gasteiger partial charge is 0.338 e. The first-order valence-corrected chi connectivity index (χ1v) is 7.19. The van der Waals surface area contributed by atoms with Crippen molar-refractivity contribution in [3.05, 3.63) is 12.2 Å². The van der Waals surface area contributed by atoms with Gasteiger partial charge in [-0.05, 0) is 6.42 Å². The van der Waals surface area contributed by atoms with Crippen LogP contribution in [-0.4, -0.2) is 24.5 Å². The molecule has 20 heavy (non-hydrogen) atoms. The fraction of sp³-hybridized carbons (Fsp3) is 0.667. The second-order valence-corrected chi connectivity index (χ2v) is 4.42. The maximum absolute atomic E-state index is 11.2. The van der Waals surface area contributed by atoms with Crippen LogP contribution in [0.5, 0.6) is 0 Å². The Morgan fingerprint density at radius 3 is 2.10 bits per heavy atom. The SMILES string of the molecule is CCCCCCCCOC(=O)/C=C\C(=O)OC(=O)CC. The zero-order valence-corrected chi connectivity index (χ0v) is 12.4. The van der Waals surface area contributed by atoms with E-state index in [1.54, 1.807) is 6.92 Å². The predicted molar refractivity (Wildman–Crippen MR) is 74.9 cm³/mol. The van der Waals surface area contributed by atoms with Crippen molar-refractivity contribution in [3.63, 3.8) is 0 Å². The maximum Gasteiger partial charge on any atom is 0.338 e. The molecule has 0 unspecified atom stereocenters. The molecular weight excluding hydrogens is 260 g/mol. The van der Waals surface area contributed by atoms with E-state index < -0.39 is 17.9 Å². The van der Waals surface area contributed by atoms with E-state index in [4.69, 9.17) is 4.74 Å². The fourth-order valence-corrected chi connectivity index (χ4v) is 1.46. The molecule has 0 rings (SSSR count). The van der Waals surface area contributed by atoms with Crippen LogP contribution >= 0.6 is 0 Å². The van der Waals surface area contributed by atoms with Gasteiger partial charge in [0.25, 0.3) is 0 Å². The first kappa shape index (κ1) is 18.4. The van der Waals surface area contributed by atoms with E-state index in [0.717, 1.165) is 31.4 Å². The molecule has 0 aromatic heterocycles. The average molecular weight is 284 g/mol. The number of ether oxygens (including phenoxy) is 2. The number of esters is 3. The lowest BCUT2D eigenvalue weighted by Crippen LogP contribution is -2.09. The number of rotatable bonds is 10. The van der Waals surface area contributed by atoms with E-state index in [2.05, 4.69) is 11.7 Å². The topological polar surface area (TPSA) is 69.7 Å². The van der Waals surface area contributed by atoms with Crippen molar-refractivity contribution >= 4 is 17.9 Å². The van der Waals surface area contributed by atoms with Crippen LogP contribution in [0.15, 0.2) is 12.2 Å². The first-order valence-electron chi connectivity index (χ1n) is 7.19. The van der Waals surface area contributed by atoms with Crippen LogP contribution in [0.2, 0.25) is 0 Å². The van der Waals surface area contributed by atoms with Gasteiger partial charge in [0.15, 0.2) is 0 Å². The summed E-state index contributed by atoms with van der Waals surface area (Å²) in [5.41, 5.74) is 0. The van der Waals surface area contributed by atoms with Crippen LogP contribution < -0.4 is 0 Å². The highest BCUT2D eigenvalue weighted by Gasteiger charge is 2.05. The molecule has 0 saturated heterocycles. The lowest BCUT2D eigenvalue weighted by Gasteiger charge is -2.02. The van der Waals surface area contributed by atoms with Crippen molar-refractivity contribution in [3.8, 4) is 0 Å². The van der Waals surface area contributed by atoms with Crippen molar-refractivity contribution in [1.82, 2.24) is 0 Å². The summed E-state index contributed by atoms with van der Waals surface area (Å²) in [6.07, 6.45) is 8.64. The zero-order chi connectivity index (χ0) is 15.2. The van der Waals surface area contributed by atoms with Crippen molar-refractivity contribution < 1.29 is 23.9 Å². The molecule has 0 fully saturated rings. The van der Waals surface area contributed by atoms with Crippen molar-refractivity contribution in [2.75, 3.05) is 6.61 Å².